The summed E-state index contributed by atoms with van der Waals surface area (Å²) in [6.07, 6.45) is 4.14. The first-order valence-corrected chi connectivity index (χ1v) is 10.3. The molecule has 1 N–H and O–H groups in total. The number of carbonyl (C=O) groups is 1. The molecule has 0 saturated heterocycles. The molecule has 8 nitrogen and oxygen atoms in total. The van der Waals surface area contributed by atoms with Gasteiger partial charge in [0.2, 0.25) is 5.91 Å². The Balaban J connectivity index is 1.50. The van der Waals surface area contributed by atoms with Crippen LogP contribution in [0.1, 0.15) is 55.2 Å². The Morgan fingerprint density at radius 2 is 1.94 bits per heavy atom. The molecule has 31 heavy (non-hydrogen) atoms. The fourth-order valence-corrected chi connectivity index (χ4v) is 4.01. The van der Waals surface area contributed by atoms with Crippen LogP contribution in [-0.2, 0) is 36.9 Å². The number of nitrogens with one attached hydrogen (secondary N) is 1. The van der Waals surface area contributed by atoms with Crippen molar-refractivity contribution in [2.24, 2.45) is 0 Å². The minimum atomic E-state index is -4.53. The molecule has 0 unspecified atom stereocenters. The number of hydrogen-bond donors (Lipinski definition) is 1. The molecule has 11 heteroatoms. The number of alkyl halides is 3. The Labute approximate surface area is 177 Å². The molecule has 1 aliphatic carbocycles. The van der Waals surface area contributed by atoms with Gasteiger partial charge in [0, 0.05) is 35.8 Å². The lowest BCUT2D eigenvalue weighted by Crippen LogP contribution is -2.27. The molecular formula is C20H24F3N7O. The van der Waals surface area contributed by atoms with Crippen molar-refractivity contribution in [2.75, 3.05) is 5.32 Å². The van der Waals surface area contributed by atoms with Gasteiger partial charge >= 0.3 is 6.18 Å². The van der Waals surface area contributed by atoms with Gasteiger partial charge in [-0.3, -0.25) is 18.8 Å². The lowest BCUT2D eigenvalue weighted by Gasteiger charge is -2.17. The van der Waals surface area contributed by atoms with Crippen LogP contribution in [0.3, 0.4) is 0 Å². The normalized spacial score (nSPS) is 14.6. The molecule has 3 aromatic rings. The highest BCUT2D eigenvalue weighted by Crippen LogP contribution is 2.38. The lowest BCUT2D eigenvalue weighted by molar-refractivity contribution is -0.142. The van der Waals surface area contributed by atoms with Crippen LogP contribution >= 0.6 is 0 Å². The highest BCUT2D eigenvalue weighted by Gasteiger charge is 2.41. The van der Waals surface area contributed by atoms with E-state index >= 15 is 0 Å². The van der Waals surface area contributed by atoms with Crippen molar-refractivity contribution in [1.29, 1.82) is 0 Å². The molecule has 1 aliphatic rings. The van der Waals surface area contributed by atoms with E-state index in [1.54, 1.807) is 24.0 Å². The molecule has 4 rings (SSSR count). The second-order valence-electron chi connectivity index (χ2n) is 7.61. The van der Waals surface area contributed by atoms with Crippen molar-refractivity contribution in [3.63, 3.8) is 0 Å². The average molecular weight is 435 g/mol. The number of fused-ring (bicyclic) bond motifs is 1. The highest BCUT2D eigenvalue weighted by molar-refractivity contribution is 5.93. The first-order valence-electron chi connectivity index (χ1n) is 10.3. The highest BCUT2D eigenvalue weighted by atomic mass is 19.4. The van der Waals surface area contributed by atoms with Gasteiger partial charge in [-0.1, -0.05) is 6.92 Å². The molecule has 3 aromatic heterocycles. The van der Waals surface area contributed by atoms with Gasteiger partial charge in [0.25, 0.3) is 0 Å². The molecule has 0 spiro atoms. The van der Waals surface area contributed by atoms with E-state index in [-0.39, 0.29) is 5.56 Å². The number of aromatic nitrogens is 6. The van der Waals surface area contributed by atoms with Crippen LogP contribution in [0.2, 0.25) is 0 Å². The Hall–Kier alpha value is -3.11. The molecule has 0 aliphatic heterocycles. The van der Waals surface area contributed by atoms with Gasteiger partial charge in [-0.15, -0.1) is 0 Å². The van der Waals surface area contributed by atoms with E-state index in [9.17, 15) is 18.0 Å². The van der Waals surface area contributed by atoms with Gasteiger partial charge in [-0.2, -0.15) is 28.5 Å². The quantitative estimate of drug-likeness (QED) is 0.616. The van der Waals surface area contributed by atoms with Crippen molar-refractivity contribution >= 4 is 11.6 Å². The Bertz CT molecular complexity index is 1080. The van der Waals surface area contributed by atoms with Crippen LogP contribution in [0.4, 0.5) is 18.9 Å². The van der Waals surface area contributed by atoms with Gasteiger partial charge < -0.3 is 5.32 Å². The first kappa shape index (κ1) is 21.1. The second-order valence-corrected chi connectivity index (χ2v) is 7.61. The molecule has 3 heterocycles. The van der Waals surface area contributed by atoms with Crippen molar-refractivity contribution in [2.45, 2.75) is 64.8 Å². The van der Waals surface area contributed by atoms with E-state index in [0.29, 0.717) is 43.6 Å². The van der Waals surface area contributed by atoms with E-state index in [2.05, 4.69) is 20.6 Å². The summed E-state index contributed by atoms with van der Waals surface area (Å²) in [6.45, 7) is 5.02. The summed E-state index contributed by atoms with van der Waals surface area (Å²) in [6, 6.07) is -0.825. The smallest absolute Gasteiger partial charge is 0.322 e. The minimum absolute atomic E-state index is 0.221. The zero-order chi connectivity index (χ0) is 22.2. The standard InChI is InChI=1S/C20H24F3N7O/c1-3-16(30-17-7-5-6-15(17)18(27-30)20(21,22)23)19(31)26-14-9-25-29(12-14)11-13-8-24-28(4-2)10-13/h8-10,12,16H,3-7,11H2,1-2H3,(H,26,31)/t16-/m0/s1. The van der Waals surface area contributed by atoms with Crippen LogP contribution in [0.15, 0.2) is 24.8 Å². The van der Waals surface area contributed by atoms with E-state index in [0.717, 1.165) is 12.1 Å². The van der Waals surface area contributed by atoms with Crippen molar-refractivity contribution in [1.82, 2.24) is 29.3 Å². The average Bonchev–Trinajstić information content (AvgIpc) is 3.47. The summed E-state index contributed by atoms with van der Waals surface area (Å²) in [7, 11) is 0. The maximum atomic E-state index is 13.4. The van der Waals surface area contributed by atoms with Gasteiger partial charge in [0.1, 0.15) is 6.04 Å². The van der Waals surface area contributed by atoms with Gasteiger partial charge in [0.15, 0.2) is 5.69 Å². The van der Waals surface area contributed by atoms with Gasteiger partial charge in [-0.25, -0.2) is 0 Å². The number of rotatable bonds is 7. The Kier molecular flexibility index (Phi) is 5.59. The molecule has 0 bridgehead atoms. The molecule has 0 fully saturated rings. The van der Waals surface area contributed by atoms with Crippen molar-refractivity contribution in [3.8, 4) is 0 Å². The van der Waals surface area contributed by atoms with Crippen LogP contribution < -0.4 is 5.32 Å². The summed E-state index contributed by atoms with van der Waals surface area (Å²) in [5, 5.41) is 15.0. The summed E-state index contributed by atoms with van der Waals surface area (Å²) in [5.74, 6) is -0.410. The zero-order valence-electron chi connectivity index (χ0n) is 17.4. The zero-order valence-corrected chi connectivity index (χ0v) is 17.4. The molecule has 166 valence electrons. The topological polar surface area (TPSA) is 82.6 Å². The number of carbonyl (C=O) groups excluding carboxylic acids is 1. The summed E-state index contributed by atoms with van der Waals surface area (Å²) in [4.78, 5) is 12.9. The fraction of sp³-hybridized carbons (Fsp3) is 0.500. The SMILES string of the molecule is CC[C@@H](C(=O)Nc1cnn(Cc2cnn(CC)c2)c1)n1nc(C(F)(F)F)c2c1CCC2. The number of halogens is 3. The molecule has 0 radical (unpaired) electrons. The summed E-state index contributed by atoms with van der Waals surface area (Å²) in [5.41, 5.74) is 1.32. The van der Waals surface area contributed by atoms with E-state index in [1.807, 2.05) is 17.8 Å². The van der Waals surface area contributed by atoms with Crippen LogP contribution in [0.5, 0.6) is 0 Å². The lowest BCUT2D eigenvalue weighted by atomic mass is 10.1. The number of amides is 1. The largest absolute Gasteiger partial charge is 0.435 e. The van der Waals surface area contributed by atoms with E-state index < -0.39 is 23.8 Å². The molecule has 0 saturated carbocycles. The van der Waals surface area contributed by atoms with Crippen molar-refractivity contribution in [3.05, 3.63) is 47.3 Å². The van der Waals surface area contributed by atoms with Gasteiger partial charge in [0.05, 0.1) is 24.6 Å². The summed E-state index contributed by atoms with van der Waals surface area (Å²) >= 11 is 0. The monoisotopic (exact) mass is 435 g/mol. The molecule has 1 atom stereocenters. The Morgan fingerprint density at radius 3 is 2.61 bits per heavy atom. The third kappa shape index (κ3) is 4.21. The maximum absolute atomic E-state index is 13.4. The first-order chi connectivity index (χ1) is 14.8. The third-order valence-corrected chi connectivity index (χ3v) is 5.47. The maximum Gasteiger partial charge on any atom is 0.435 e. The van der Waals surface area contributed by atoms with Crippen LogP contribution in [0.25, 0.3) is 0 Å². The molecule has 1 amide bonds. The fourth-order valence-electron chi connectivity index (χ4n) is 4.01. The van der Waals surface area contributed by atoms with Crippen LogP contribution in [-0.4, -0.2) is 35.2 Å². The number of hydrogen-bond acceptors (Lipinski definition) is 4. The molecule has 0 aromatic carbocycles. The Morgan fingerprint density at radius 1 is 1.16 bits per heavy atom. The summed E-state index contributed by atoms with van der Waals surface area (Å²) < 4.78 is 44.9. The third-order valence-electron chi connectivity index (χ3n) is 5.47. The number of anilines is 1. The van der Waals surface area contributed by atoms with Crippen LogP contribution in [0, 0.1) is 0 Å². The van der Waals surface area contributed by atoms with E-state index in [4.69, 9.17) is 0 Å². The second kappa shape index (κ2) is 8.20. The van der Waals surface area contributed by atoms with Gasteiger partial charge in [-0.05, 0) is 32.6 Å². The van der Waals surface area contributed by atoms with E-state index in [1.165, 1.54) is 10.9 Å². The predicted molar refractivity (Wildman–Crippen MR) is 106 cm³/mol. The number of aryl methyl sites for hydroxylation is 1. The van der Waals surface area contributed by atoms with Crippen molar-refractivity contribution < 1.29 is 18.0 Å². The number of nitrogens with zero attached hydrogens (tertiary/aromatic N) is 6. The molecular weight excluding hydrogens is 411 g/mol. The minimum Gasteiger partial charge on any atom is -0.322 e. The predicted octanol–water partition coefficient (Wildman–Crippen LogP) is 3.44.